The molecule has 0 saturated carbocycles. The molecule has 18 heavy (non-hydrogen) atoms. The van der Waals surface area contributed by atoms with Crippen LogP contribution in [0.5, 0.6) is 5.75 Å². The number of ether oxygens (including phenoxy) is 1. The van der Waals surface area contributed by atoms with Gasteiger partial charge in [0.2, 0.25) is 0 Å². The molecule has 0 bridgehead atoms. The number of carbonyl (C=O) groups excluding carboxylic acids is 1. The predicted molar refractivity (Wildman–Crippen MR) is 65.7 cm³/mol. The number of carbonyl (C=O) groups is 1. The summed E-state index contributed by atoms with van der Waals surface area (Å²) in [6, 6.07) is 7.58. The number of H-pyrrole nitrogens is 1. The zero-order valence-corrected chi connectivity index (χ0v) is 9.64. The number of aromatic nitrogens is 2. The summed E-state index contributed by atoms with van der Waals surface area (Å²) in [7, 11) is 1.62. The van der Waals surface area contributed by atoms with Crippen LogP contribution in [-0.4, -0.2) is 23.5 Å². The minimum absolute atomic E-state index is 0.425. The second kappa shape index (κ2) is 4.03. The lowest BCUT2D eigenvalue weighted by Gasteiger charge is -1.97. The van der Waals surface area contributed by atoms with E-state index in [4.69, 9.17) is 9.26 Å². The van der Waals surface area contributed by atoms with E-state index in [0.717, 1.165) is 28.6 Å². The molecular formula is C13H10N2O3. The molecule has 0 aliphatic heterocycles. The number of methoxy groups -OCH3 is 1. The fourth-order valence-corrected chi connectivity index (χ4v) is 1.90. The molecule has 0 aliphatic rings. The van der Waals surface area contributed by atoms with Crippen LogP contribution in [0.4, 0.5) is 0 Å². The Balaban J connectivity index is 2.16. The molecule has 0 saturated heterocycles. The van der Waals surface area contributed by atoms with Crippen molar-refractivity contribution in [3.8, 4) is 17.2 Å². The van der Waals surface area contributed by atoms with Crippen molar-refractivity contribution in [3.63, 3.8) is 0 Å². The molecule has 0 radical (unpaired) electrons. The van der Waals surface area contributed by atoms with E-state index in [1.807, 2.05) is 24.3 Å². The van der Waals surface area contributed by atoms with Crippen LogP contribution >= 0.6 is 0 Å². The molecule has 1 N–H and O–H groups in total. The van der Waals surface area contributed by atoms with Crippen LogP contribution in [0, 0.1) is 0 Å². The number of rotatable bonds is 3. The Hall–Kier alpha value is -2.56. The summed E-state index contributed by atoms with van der Waals surface area (Å²) in [5, 5.41) is 4.61. The Labute approximate surface area is 102 Å². The van der Waals surface area contributed by atoms with Gasteiger partial charge in [0.15, 0.2) is 12.0 Å². The van der Waals surface area contributed by atoms with E-state index in [1.54, 1.807) is 7.11 Å². The van der Waals surface area contributed by atoms with Gasteiger partial charge in [-0.2, -0.15) is 0 Å². The molecular weight excluding hydrogens is 232 g/mol. The van der Waals surface area contributed by atoms with E-state index in [2.05, 4.69) is 10.1 Å². The van der Waals surface area contributed by atoms with Crippen LogP contribution < -0.4 is 4.74 Å². The number of benzene rings is 1. The van der Waals surface area contributed by atoms with Gasteiger partial charge < -0.3 is 14.2 Å². The van der Waals surface area contributed by atoms with Crippen LogP contribution in [0.25, 0.3) is 22.4 Å². The Kier molecular flexibility index (Phi) is 2.37. The molecule has 5 nitrogen and oxygen atoms in total. The second-order valence-electron chi connectivity index (χ2n) is 3.86. The minimum Gasteiger partial charge on any atom is -0.497 e. The molecule has 1 aromatic carbocycles. The van der Waals surface area contributed by atoms with Gasteiger partial charge >= 0.3 is 0 Å². The van der Waals surface area contributed by atoms with Gasteiger partial charge in [-0.25, -0.2) is 0 Å². The maximum absolute atomic E-state index is 10.8. The third-order valence-electron chi connectivity index (χ3n) is 2.80. The first-order valence-corrected chi connectivity index (χ1v) is 5.39. The Bertz CT molecular complexity index is 712. The number of nitrogens with zero attached hydrogens (tertiary/aromatic N) is 1. The van der Waals surface area contributed by atoms with Crippen LogP contribution in [-0.2, 0) is 0 Å². The summed E-state index contributed by atoms with van der Waals surface area (Å²) in [6.45, 7) is 0. The van der Waals surface area contributed by atoms with Crippen LogP contribution in [0.3, 0.4) is 0 Å². The first-order chi connectivity index (χ1) is 8.81. The highest BCUT2D eigenvalue weighted by molar-refractivity contribution is 5.90. The largest absolute Gasteiger partial charge is 0.497 e. The Morgan fingerprint density at radius 1 is 1.39 bits per heavy atom. The highest BCUT2D eigenvalue weighted by atomic mass is 16.5. The first kappa shape index (κ1) is 10.6. The third kappa shape index (κ3) is 1.57. The van der Waals surface area contributed by atoms with E-state index in [0.29, 0.717) is 11.3 Å². The van der Waals surface area contributed by atoms with Gasteiger partial charge in [-0.15, -0.1) is 0 Å². The Morgan fingerprint density at radius 3 is 3.06 bits per heavy atom. The summed E-state index contributed by atoms with van der Waals surface area (Å²) in [6.07, 6.45) is 2.12. The highest BCUT2D eigenvalue weighted by Gasteiger charge is 2.12. The zero-order chi connectivity index (χ0) is 12.5. The fraction of sp³-hybridized carbons (Fsp3) is 0.0769. The third-order valence-corrected chi connectivity index (χ3v) is 2.80. The maximum Gasteiger partial charge on any atom is 0.193 e. The van der Waals surface area contributed by atoms with Crippen molar-refractivity contribution in [2.45, 2.75) is 0 Å². The topological polar surface area (TPSA) is 68.1 Å². The molecule has 0 aliphatic carbocycles. The molecule has 3 rings (SSSR count). The van der Waals surface area contributed by atoms with Crippen molar-refractivity contribution in [3.05, 3.63) is 36.0 Å². The summed E-state index contributed by atoms with van der Waals surface area (Å²) in [4.78, 5) is 14.0. The lowest BCUT2D eigenvalue weighted by molar-refractivity contribution is 0.112. The molecule has 2 heterocycles. The van der Waals surface area contributed by atoms with Crippen molar-refractivity contribution < 1.29 is 14.1 Å². The van der Waals surface area contributed by atoms with Crippen molar-refractivity contribution in [1.82, 2.24) is 10.1 Å². The molecule has 3 aromatic rings. The number of nitrogens with one attached hydrogen (secondary N) is 1. The number of aldehydes is 1. The van der Waals surface area contributed by atoms with Gasteiger partial charge in [0, 0.05) is 10.9 Å². The molecule has 0 unspecified atom stereocenters. The summed E-state index contributed by atoms with van der Waals surface area (Å²) in [5.41, 5.74) is 2.09. The van der Waals surface area contributed by atoms with Crippen molar-refractivity contribution in [2.24, 2.45) is 0 Å². The number of fused-ring (bicyclic) bond motifs is 1. The van der Waals surface area contributed by atoms with Gasteiger partial charge in [0.05, 0.1) is 24.6 Å². The van der Waals surface area contributed by atoms with Gasteiger partial charge in [-0.1, -0.05) is 5.16 Å². The Morgan fingerprint density at radius 2 is 2.28 bits per heavy atom. The minimum atomic E-state index is 0.425. The average molecular weight is 242 g/mol. The van der Waals surface area contributed by atoms with Gasteiger partial charge in [0.1, 0.15) is 5.75 Å². The molecule has 90 valence electrons. The molecule has 5 heteroatoms. The number of hydrogen-bond acceptors (Lipinski definition) is 4. The molecule has 2 aromatic heterocycles. The number of aromatic amines is 1. The van der Waals surface area contributed by atoms with Crippen LogP contribution in [0.2, 0.25) is 0 Å². The SMILES string of the molecule is COc1ccc2[nH]c(-c3oncc3C=O)cc2c1. The van der Waals surface area contributed by atoms with E-state index in [-0.39, 0.29) is 0 Å². The van der Waals surface area contributed by atoms with Crippen LogP contribution in [0.1, 0.15) is 10.4 Å². The van der Waals surface area contributed by atoms with E-state index in [9.17, 15) is 4.79 Å². The average Bonchev–Trinajstić information content (AvgIpc) is 3.03. The zero-order valence-electron chi connectivity index (χ0n) is 9.64. The highest BCUT2D eigenvalue weighted by Crippen LogP contribution is 2.28. The molecule has 0 amide bonds. The summed E-state index contributed by atoms with van der Waals surface area (Å²) < 4.78 is 10.2. The van der Waals surface area contributed by atoms with Gasteiger partial charge in [0.25, 0.3) is 0 Å². The van der Waals surface area contributed by atoms with Crippen molar-refractivity contribution in [1.29, 1.82) is 0 Å². The lowest BCUT2D eigenvalue weighted by atomic mass is 10.2. The standard InChI is InChI=1S/C13H10N2O3/c1-17-10-2-3-11-8(4-10)5-12(15-11)13-9(7-16)6-14-18-13/h2-7,15H,1H3. The predicted octanol–water partition coefficient (Wildman–Crippen LogP) is 2.64. The normalized spacial score (nSPS) is 10.7. The quantitative estimate of drug-likeness (QED) is 0.717. The molecule has 0 fully saturated rings. The molecule has 0 spiro atoms. The van der Waals surface area contributed by atoms with Crippen LogP contribution in [0.15, 0.2) is 35.0 Å². The van der Waals surface area contributed by atoms with E-state index >= 15 is 0 Å². The monoisotopic (exact) mass is 242 g/mol. The fourth-order valence-electron chi connectivity index (χ4n) is 1.90. The van der Waals surface area contributed by atoms with Crippen molar-refractivity contribution in [2.75, 3.05) is 7.11 Å². The lowest BCUT2D eigenvalue weighted by Crippen LogP contribution is -1.81. The van der Waals surface area contributed by atoms with E-state index < -0.39 is 0 Å². The number of hydrogen-bond donors (Lipinski definition) is 1. The smallest absolute Gasteiger partial charge is 0.193 e. The van der Waals surface area contributed by atoms with Gasteiger partial charge in [-0.05, 0) is 24.3 Å². The van der Waals surface area contributed by atoms with E-state index in [1.165, 1.54) is 6.20 Å². The maximum atomic E-state index is 10.8. The van der Waals surface area contributed by atoms with Gasteiger partial charge in [-0.3, -0.25) is 4.79 Å². The second-order valence-corrected chi connectivity index (χ2v) is 3.86. The van der Waals surface area contributed by atoms with Crippen molar-refractivity contribution >= 4 is 17.2 Å². The summed E-state index contributed by atoms with van der Waals surface area (Å²) >= 11 is 0. The molecule has 0 atom stereocenters. The summed E-state index contributed by atoms with van der Waals surface area (Å²) in [5.74, 6) is 1.22. The first-order valence-electron chi connectivity index (χ1n) is 5.39.